The lowest BCUT2D eigenvalue weighted by Crippen LogP contribution is -2.55. The van der Waals surface area contributed by atoms with E-state index in [4.69, 9.17) is 4.74 Å². The Bertz CT molecular complexity index is 2310. The van der Waals surface area contributed by atoms with Gasteiger partial charge in [0.15, 0.2) is 11.5 Å². The first-order valence-electron chi connectivity index (χ1n) is 23.4. The molecule has 1 aromatic carbocycles. The van der Waals surface area contributed by atoms with Gasteiger partial charge in [-0.25, -0.2) is 0 Å². The standard InChI is InChI=1S/C48H58N10O8S/c59-41(13-9-34-6-4-19-49-31-34)50-20-2-1-5-33-15-21-57(22-16-33)47(64)37-10-12-40(53-52-37)55-23-17-35(18-24-55)54-25-27-56(28-26-54)43(61)32-66-29-30-67-39-8-3-7-36-44(39)48(65)58(46(36)63)38-11-14-42(60)51-45(38)62/h3-4,6-10,12-13,19,31,33,35,38H,1-2,5,11,14-18,20-30,32H2,(H,50,59)(H,51,60,62)/b13-9+. The number of fused-ring (bicyclic) bond motifs is 1. The van der Waals surface area contributed by atoms with E-state index >= 15 is 0 Å². The predicted octanol–water partition coefficient (Wildman–Crippen LogP) is 3.05. The summed E-state index contributed by atoms with van der Waals surface area (Å²) in [5.74, 6) is -0.625. The lowest BCUT2D eigenvalue weighted by Gasteiger charge is -2.43. The number of nitrogens with zero attached hydrogens (tertiary/aromatic N) is 8. The summed E-state index contributed by atoms with van der Waals surface area (Å²) in [4.78, 5) is 103. The minimum absolute atomic E-state index is 0.0470. The Morgan fingerprint density at radius 3 is 2.37 bits per heavy atom. The van der Waals surface area contributed by atoms with E-state index in [1.54, 1.807) is 42.7 Å². The summed E-state index contributed by atoms with van der Waals surface area (Å²) in [5.41, 5.74) is 1.74. The van der Waals surface area contributed by atoms with Gasteiger partial charge in [0.05, 0.1) is 17.7 Å². The summed E-state index contributed by atoms with van der Waals surface area (Å²) < 4.78 is 5.74. The molecular weight excluding hydrogens is 877 g/mol. The van der Waals surface area contributed by atoms with Crippen LogP contribution in [0.25, 0.3) is 6.08 Å². The second-order valence-electron chi connectivity index (χ2n) is 17.6. The largest absolute Gasteiger partial charge is 0.371 e. The highest BCUT2D eigenvalue weighted by molar-refractivity contribution is 7.99. The zero-order valence-corrected chi connectivity index (χ0v) is 38.5. The van der Waals surface area contributed by atoms with Crippen molar-refractivity contribution < 1.29 is 38.3 Å². The van der Waals surface area contributed by atoms with Crippen molar-refractivity contribution in [3.8, 4) is 0 Å². The van der Waals surface area contributed by atoms with Gasteiger partial charge in [-0.2, -0.15) is 0 Å². The van der Waals surface area contributed by atoms with Crippen LogP contribution in [-0.2, 0) is 23.9 Å². The van der Waals surface area contributed by atoms with Gasteiger partial charge in [0, 0.05) is 100 Å². The van der Waals surface area contributed by atoms with Crippen LogP contribution < -0.4 is 15.5 Å². The second-order valence-corrected chi connectivity index (χ2v) is 18.7. The van der Waals surface area contributed by atoms with E-state index in [0.717, 1.165) is 87.4 Å². The molecule has 4 saturated heterocycles. The quantitative estimate of drug-likeness (QED) is 0.0864. The maximum absolute atomic E-state index is 13.4. The van der Waals surface area contributed by atoms with Crippen LogP contribution in [0, 0.1) is 5.92 Å². The molecule has 354 valence electrons. The van der Waals surface area contributed by atoms with Crippen molar-refractivity contribution in [2.45, 2.75) is 74.8 Å². The molecule has 0 aliphatic carbocycles. The minimum Gasteiger partial charge on any atom is -0.371 e. The van der Waals surface area contributed by atoms with Gasteiger partial charge in [0.1, 0.15) is 12.6 Å². The fourth-order valence-corrected chi connectivity index (χ4v) is 10.5. The van der Waals surface area contributed by atoms with Crippen LogP contribution in [0.4, 0.5) is 5.82 Å². The third kappa shape index (κ3) is 11.9. The first kappa shape index (κ1) is 47.4. The Kier molecular flexibility index (Phi) is 16.0. The summed E-state index contributed by atoms with van der Waals surface area (Å²) in [6, 6.07) is 11.8. The maximum atomic E-state index is 13.4. The van der Waals surface area contributed by atoms with Crippen molar-refractivity contribution in [3.63, 3.8) is 0 Å². The first-order chi connectivity index (χ1) is 32.6. The number of hydrogen-bond acceptors (Lipinski definition) is 14. The summed E-state index contributed by atoms with van der Waals surface area (Å²) in [6.45, 7) is 6.74. The van der Waals surface area contributed by atoms with Crippen molar-refractivity contribution in [3.05, 3.63) is 83.3 Å². The number of hydrogen-bond donors (Lipinski definition) is 2. The van der Waals surface area contributed by atoms with Crippen molar-refractivity contribution >= 4 is 65.0 Å². The third-order valence-corrected chi connectivity index (χ3v) is 14.4. The summed E-state index contributed by atoms with van der Waals surface area (Å²) >= 11 is 1.35. The number of unbranched alkanes of at least 4 members (excludes halogenated alkanes) is 1. The molecule has 2 N–H and O–H groups in total. The minimum atomic E-state index is -1.02. The molecule has 5 aliphatic heterocycles. The maximum Gasteiger partial charge on any atom is 0.274 e. The number of nitrogens with one attached hydrogen (secondary N) is 2. The lowest BCUT2D eigenvalue weighted by atomic mass is 9.91. The molecule has 67 heavy (non-hydrogen) atoms. The number of carbonyl (C=O) groups is 7. The van der Waals surface area contributed by atoms with E-state index in [9.17, 15) is 33.6 Å². The van der Waals surface area contributed by atoms with Gasteiger partial charge < -0.3 is 24.8 Å². The van der Waals surface area contributed by atoms with Gasteiger partial charge >= 0.3 is 0 Å². The van der Waals surface area contributed by atoms with Gasteiger partial charge in [-0.15, -0.1) is 22.0 Å². The molecule has 0 bridgehead atoms. The normalized spacial score (nSPS) is 19.9. The monoisotopic (exact) mass is 934 g/mol. The Morgan fingerprint density at radius 1 is 0.836 bits per heavy atom. The SMILES string of the molecule is O=C(/C=C/c1cccnc1)NCCCCC1CCN(C(=O)c2ccc(N3CCC(N4CCN(C(=O)COCCSc5cccc6c5C(=O)N(C5CCC(=O)NC5=O)C6=O)CC4)CC3)nn2)CC1. The van der Waals surface area contributed by atoms with Crippen LogP contribution in [0.3, 0.4) is 0 Å². The number of piperidine rings is 3. The molecule has 7 amide bonds. The van der Waals surface area contributed by atoms with Gasteiger partial charge in [0.25, 0.3) is 17.7 Å². The van der Waals surface area contributed by atoms with Gasteiger partial charge in [-0.3, -0.25) is 53.7 Å². The average molecular weight is 935 g/mol. The van der Waals surface area contributed by atoms with Gasteiger partial charge in [0.2, 0.25) is 23.6 Å². The van der Waals surface area contributed by atoms with E-state index in [1.807, 2.05) is 28.0 Å². The molecule has 19 heteroatoms. The average Bonchev–Trinajstić information content (AvgIpc) is 3.62. The lowest BCUT2D eigenvalue weighted by molar-refractivity contribution is -0.138. The highest BCUT2D eigenvalue weighted by atomic mass is 32.2. The number of piperazine rings is 1. The van der Waals surface area contributed by atoms with Gasteiger partial charge in [-0.05, 0) is 86.4 Å². The molecule has 7 heterocycles. The number of carbonyl (C=O) groups excluding carboxylic acids is 7. The van der Waals surface area contributed by atoms with E-state index in [1.165, 1.54) is 17.8 Å². The Hall–Kier alpha value is -6.05. The molecule has 0 saturated carbocycles. The zero-order valence-electron chi connectivity index (χ0n) is 37.7. The van der Waals surface area contributed by atoms with Gasteiger partial charge in [-0.1, -0.05) is 25.0 Å². The predicted molar refractivity (Wildman–Crippen MR) is 249 cm³/mol. The highest BCUT2D eigenvalue weighted by Gasteiger charge is 2.45. The first-order valence-corrected chi connectivity index (χ1v) is 24.4. The summed E-state index contributed by atoms with van der Waals surface area (Å²) in [7, 11) is 0. The van der Waals surface area contributed by atoms with Crippen molar-refractivity contribution in [2.75, 3.05) is 82.8 Å². The van der Waals surface area contributed by atoms with Crippen molar-refractivity contribution in [2.24, 2.45) is 5.92 Å². The molecular formula is C48H58N10O8S. The number of ether oxygens (including phenoxy) is 1. The van der Waals surface area contributed by atoms with Crippen LogP contribution in [-0.4, -0.2) is 166 Å². The molecule has 3 aromatic rings. The Morgan fingerprint density at radius 2 is 1.64 bits per heavy atom. The van der Waals surface area contributed by atoms with Crippen molar-refractivity contribution in [1.82, 2.24) is 45.4 Å². The third-order valence-electron chi connectivity index (χ3n) is 13.3. The Labute approximate surface area is 394 Å². The number of thioether (sulfide) groups is 1. The van der Waals surface area contributed by atoms with E-state index in [2.05, 4.69) is 35.6 Å². The number of rotatable bonds is 17. The van der Waals surface area contributed by atoms with E-state index < -0.39 is 29.7 Å². The van der Waals surface area contributed by atoms with Crippen LogP contribution in [0.1, 0.15) is 94.6 Å². The van der Waals surface area contributed by atoms with Crippen LogP contribution in [0.5, 0.6) is 0 Å². The molecule has 5 aliphatic rings. The molecule has 2 aromatic heterocycles. The van der Waals surface area contributed by atoms with Crippen LogP contribution in [0.15, 0.2) is 65.8 Å². The number of amides is 7. The smallest absolute Gasteiger partial charge is 0.274 e. The van der Waals surface area contributed by atoms with Crippen LogP contribution >= 0.6 is 11.8 Å². The highest BCUT2D eigenvalue weighted by Crippen LogP contribution is 2.34. The Balaban J connectivity index is 0.678. The van der Waals surface area contributed by atoms with E-state index in [0.29, 0.717) is 61.0 Å². The second kappa shape index (κ2) is 22.6. The summed E-state index contributed by atoms with van der Waals surface area (Å²) in [6.07, 6.45) is 13.7. The van der Waals surface area contributed by atoms with Crippen LogP contribution in [0.2, 0.25) is 0 Å². The number of benzene rings is 1. The number of anilines is 1. The molecule has 4 fully saturated rings. The number of likely N-dealkylation sites (tertiary alicyclic amines) is 1. The van der Waals surface area contributed by atoms with Crippen molar-refractivity contribution in [1.29, 1.82) is 0 Å². The molecule has 18 nitrogen and oxygen atoms in total. The van der Waals surface area contributed by atoms with E-state index in [-0.39, 0.29) is 54.9 Å². The molecule has 8 rings (SSSR count). The molecule has 0 spiro atoms. The fourth-order valence-electron chi connectivity index (χ4n) is 9.53. The summed E-state index contributed by atoms with van der Waals surface area (Å²) in [5, 5.41) is 14.0. The molecule has 1 unspecified atom stereocenters. The molecule has 1 atom stereocenters. The molecule has 0 radical (unpaired) electrons. The fraction of sp³-hybridized carbons (Fsp3) is 0.500. The number of pyridine rings is 1. The number of imide groups is 2. The number of aromatic nitrogens is 3. The zero-order chi connectivity index (χ0) is 46.7. The topological polar surface area (TPSA) is 208 Å².